The van der Waals surface area contributed by atoms with Crippen LogP contribution in [0.5, 0.6) is 0 Å². The van der Waals surface area contributed by atoms with Crippen molar-refractivity contribution >= 4 is 28.4 Å². The first kappa shape index (κ1) is 17.0. The summed E-state index contributed by atoms with van der Waals surface area (Å²) in [6.07, 6.45) is 0. The summed E-state index contributed by atoms with van der Waals surface area (Å²) in [6, 6.07) is 13.5. The Hall–Kier alpha value is -2.86. The van der Waals surface area contributed by atoms with Crippen molar-refractivity contribution in [1.82, 2.24) is 14.9 Å². The van der Waals surface area contributed by atoms with E-state index in [9.17, 15) is 14.4 Å². The first-order chi connectivity index (χ1) is 12.0. The highest BCUT2D eigenvalue weighted by molar-refractivity contribution is 6.30. The van der Waals surface area contributed by atoms with Gasteiger partial charge in [0.2, 0.25) is 5.91 Å². The topological polar surface area (TPSA) is 84.0 Å². The maximum absolute atomic E-state index is 12.4. The molecule has 25 heavy (non-hydrogen) atoms. The number of nitrogens with zero attached hydrogens (tertiary/aromatic N) is 1. The van der Waals surface area contributed by atoms with E-state index in [0.717, 1.165) is 10.1 Å². The van der Waals surface area contributed by atoms with E-state index in [-0.39, 0.29) is 12.6 Å². The Bertz CT molecular complexity index is 1060. The number of nitrogens with one attached hydrogen (secondary N) is 2. The zero-order valence-corrected chi connectivity index (χ0v) is 14.2. The summed E-state index contributed by atoms with van der Waals surface area (Å²) in [5, 5.41) is 3.69. The van der Waals surface area contributed by atoms with Gasteiger partial charge in [-0.3, -0.25) is 14.2 Å². The molecule has 6 nitrogen and oxygen atoms in total. The molecule has 0 radical (unpaired) electrons. The molecule has 0 aliphatic carbocycles. The summed E-state index contributed by atoms with van der Waals surface area (Å²) < 4.78 is 0.891. The number of aromatic nitrogens is 2. The van der Waals surface area contributed by atoms with Gasteiger partial charge >= 0.3 is 5.69 Å². The highest BCUT2D eigenvalue weighted by Crippen LogP contribution is 2.17. The van der Waals surface area contributed by atoms with Crippen LogP contribution in [-0.2, 0) is 11.3 Å². The van der Waals surface area contributed by atoms with Gasteiger partial charge in [-0.05, 0) is 36.8 Å². The number of fused-ring (bicyclic) bond motifs is 1. The monoisotopic (exact) mass is 357 g/mol. The number of halogens is 1. The predicted octanol–water partition coefficient (Wildman–Crippen LogP) is 2.22. The average Bonchev–Trinajstić information content (AvgIpc) is 2.58. The first-order valence-electron chi connectivity index (χ1n) is 7.72. The van der Waals surface area contributed by atoms with Crippen molar-refractivity contribution in [2.75, 3.05) is 0 Å². The predicted molar refractivity (Wildman–Crippen MR) is 96.8 cm³/mol. The standard InChI is InChI=1S/C18H16ClN3O3/c1-11(12-5-4-6-13(19)9-12)20-16(23)10-22-17(24)14-7-2-3-8-15(14)21-18(22)25/h2-9,11H,10H2,1H3,(H,20,23)(H,21,25). The van der Waals surface area contributed by atoms with E-state index in [4.69, 9.17) is 11.6 Å². The summed E-state index contributed by atoms with van der Waals surface area (Å²) in [6.45, 7) is 1.45. The Kier molecular flexibility index (Phi) is 4.72. The van der Waals surface area contributed by atoms with E-state index < -0.39 is 17.2 Å². The molecule has 0 spiro atoms. The average molecular weight is 358 g/mol. The fourth-order valence-corrected chi connectivity index (χ4v) is 2.83. The third kappa shape index (κ3) is 3.64. The van der Waals surface area contributed by atoms with Crippen LogP contribution in [0.2, 0.25) is 5.02 Å². The van der Waals surface area contributed by atoms with E-state index in [0.29, 0.717) is 15.9 Å². The molecule has 0 fully saturated rings. The van der Waals surface area contributed by atoms with Crippen molar-refractivity contribution in [1.29, 1.82) is 0 Å². The molecule has 1 atom stereocenters. The quantitative estimate of drug-likeness (QED) is 0.751. The van der Waals surface area contributed by atoms with Crippen molar-refractivity contribution in [2.24, 2.45) is 0 Å². The largest absolute Gasteiger partial charge is 0.348 e. The van der Waals surface area contributed by atoms with E-state index in [1.807, 2.05) is 6.07 Å². The van der Waals surface area contributed by atoms with Crippen LogP contribution in [0.1, 0.15) is 18.5 Å². The van der Waals surface area contributed by atoms with Gasteiger partial charge in [-0.25, -0.2) is 4.79 Å². The highest BCUT2D eigenvalue weighted by Gasteiger charge is 2.14. The van der Waals surface area contributed by atoms with Crippen LogP contribution < -0.4 is 16.6 Å². The molecular formula is C18H16ClN3O3. The van der Waals surface area contributed by atoms with Gasteiger partial charge in [0.15, 0.2) is 0 Å². The molecular weight excluding hydrogens is 342 g/mol. The molecule has 1 heterocycles. The van der Waals surface area contributed by atoms with E-state index >= 15 is 0 Å². The normalized spacial score (nSPS) is 12.1. The van der Waals surface area contributed by atoms with Crippen molar-refractivity contribution in [3.63, 3.8) is 0 Å². The van der Waals surface area contributed by atoms with Crippen LogP contribution in [0.4, 0.5) is 0 Å². The Morgan fingerprint density at radius 3 is 2.72 bits per heavy atom. The van der Waals surface area contributed by atoms with Crippen LogP contribution >= 0.6 is 11.6 Å². The number of carbonyl (C=O) groups excluding carboxylic acids is 1. The molecule has 0 saturated heterocycles. The number of benzene rings is 2. The van der Waals surface area contributed by atoms with Gasteiger partial charge in [-0.2, -0.15) is 0 Å². The summed E-state index contributed by atoms with van der Waals surface area (Å²) in [4.78, 5) is 39.4. The van der Waals surface area contributed by atoms with Crippen LogP contribution in [0.3, 0.4) is 0 Å². The molecule has 3 rings (SSSR count). The molecule has 0 saturated carbocycles. The second-order valence-corrected chi connectivity index (χ2v) is 6.15. The molecule has 7 heteroatoms. The number of hydrogen-bond donors (Lipinski definition) is 2. The number of para-hydroxylation sites is 1. The van der Waals surface area contributed by atoms with Gasteiger partial charge < -0.3 is 10.3 Å². The molecule has 128 valence electrons. The maximum atomic E-state index is 12.4. The van der Waals surface area contributed by atoms with Gasteiger partial charge in [0.05, 0.1) is 16.9 Å². The molecule has 1 aromatic heterocycles. The molecule has 1 unspecified atom stereocenters. The minimum Gasteiger partial charge on any atom is -0.348 e. The molecule has 0 aliphatic rings. The highest BCUT2D eigenvalue weighted by atomic mass is 35.5. The van der Waals surface area contributed by atoms with E-state index in [1.165, 1.54) is 0 Å². The Labute approximate surface area is 148 Å². The first-order valence-corrected chi connectivity index (χ1v) is 8.10. The maximum Gasteiger partial charge on any atom is 0.329 e. The molecule has 0 aliphatic heterocycles. The second kappa shape index (κ2) is 6.94. The van der Waals surface area contributed by atoms with Crippen LogP contribution in [0, 0.1) is 0 Å². The Morgan fingerprint density at radius 2 is 1.96 bits per heavy atom. The van der Waals surface area contributed by atoms with Crippen LogP contribution in [0.25, 0.3) is 10.9 Å². The smallest absolute Gasteiger partial charge is 0.329 e. The second-order valence-electron chi connectivity index (χ2n) is 5.71. The lowest BCUT2D eigenvalue weighted by Crippen LogP contribution is -2.41. The minimum atomic E-state index is -0.616. The summed E-state index contributed by atoms with van der Waals surface area (Å²) in [5.74, 6) is -0.435. The van der Waals surface area contributed by atoms with Crippen LogP contribution in [-0.4, -0.2) is 15.5 Å². The molecule has 3 aromatic rings. The van der Waals surface area contributed by atoms with Gasteiger partial charge in [0.1, 0.15) is 6.54 Å². The zero-order chi connectivity index (χ0) is 18.0. The number of carbonyl (C=O) groups is 1. The molecule has 2 aromatic carbocycles. The Balaban J connectivity index is 1.83. The lowest BCUT2D eigenvalue weighted by Gasteiger charge is -2.15. The number of amides is 1. The van der Waals surface area contributed by atoms with E-state index in [1.54, 1.807) is 49.4 Å². The van der Waals surface area contributed by atoms with E-state index in [2.05, 4.69) is 10.3 Å². The van der Waals surface area contributed by atoms with Gasteiger partial charge in [-0.15, -0.1) is 0 Å². The lowest BCUT2D eigenvalue weighted by molar-refractivity contribution is -0.122. The molecule has 2 N–H and O–H groups in total. The number of H-pyrrole nitrogens is 1. The van der Waals surface area contributed by atoms with Crippen molar-refractivity contribution < 1.29 is 4.79 Å². The number of aromatic amines is 1. The third-order valence-electron chi connectivity index (χ3n) is 3.92. The van der Waals surface area contributed by atoms with Gasteiger partial charge in [0, 0.05) is 5.02 Å². The fraction of sp³-hybridized carbons (Fsp3) is 0.167. The number of hydrogen-bond acceptors (Lipinski definition) is 3. The number of rotatable bonds is 4. The van der Waals surface area contributed by atoms with Crippen molar-refractivity contribution in [2.45, 2.75) is 19.5 Å². The summed E-state index contributed by atoms with van der Waals surface area (Å²) in [7, 11) is 0. The van der Waals surface area contributed by atoms with Gasteiger partial charge in [-0.1, -0.05) is 35.9 Å². The fourth-order valence-electron chi connectivity index (χ4n) is 2.63. The molecule has 1 amide bonds. The third-order valence-corrected chi connectivity index (χ3v) is 4.15. The Morgan fingerprint density at radius 1 is 1.20 bits per heavy atom. The summed E-state index contributed by atoms with van der Waals surface area (Å²) >= 11 is 5.95. The lowest BCUT2D eigenvalue weighted by atomic mass is 10.1. The zero-order valence-electron chi connectivity index (χ0n) is 13.5. The van der Waals surface area contributed by atoms with Gasteiger partial charge in [0.25, 0.3) is 5.56 Å². The van der Waals surface area contributed by atoms with Crippen molar-refractivity contribution in [3.8, 4) is 0 Å². The SMILES string of the molecule is CC(NC(=O)Cn1c(=O)[nH]c2ccccc2c1=O)c1cccc(Cl)c1. The van der Waals surface area contributed by atoms with Crippen molar-refractivity contribution in [3.05, 3.63) is 80.0 Å². The van der Waals surface area contributed by atoms with Crippen LogP contribution in [0.15, 0.2) is 58.1 Å². The molecule has 0 bridgehead atoms. The summed E-state index contributed by atoms with van der Waals surface area (Å²) in [5.41, 5.74) is 0.168. The minimum absolute atomic E-state index is 0.304.